The van der Waals surface area contributed by atoms with E-state index in [1.54, 1.807) is 12.1 Å². The SMILES string of the molecule is Cc1cc(F)ccc1CCNc1c(Cl)cccc1[N+](=O)[O-]. The first-order valence-electron chi connectivity index (χ1n) is 6.41. The molecule has 0 fully saturated rings. The summed E-state index contributed by atoms with van der Waals surface area (Å²) in [5, 5.41) is 14.3. The van der Waals surface area contributed by atoms with Crippen LogP contribution in [0.4, 0.5) is 15.8 Å². The van der Waals surface area contributed by atoms with Gasteiger partial charge in [0.05, 0.1) is 9.95 Å². The summed E-state index contributed by atoms with van der Waals surface area (Å²) in [6.07, 6.45) is 0.620. The number of aryl methyl sites for hydroxylation is 1. The smallest absolute Gasteiger partial charge is 0.293 e. The van der Waals surface area contributed by atoms with E-state index in [2.05, 4.69) is 5.32 Å². The summed E-state index contributed by atoms with van der Waals surface area (Å²) in [5.74, 6) is -0.272. The summed E-state index contributed by atoms with van der Waals surface area (Å²) < 4.78 is 13.0. The number of hydrogen-bond acceptors (Lipinski definition) is 3. The Balaban J connectivity index is 2.09. The van der Waals surface area contributed by atoms with Gasteiger partial charge in [0.1, 0.15) is 11.5 Å². The van der Waals surface area contributed by atoms with Gasteiger partial charge in [0, 0.05) is 12.6 Å². The molecule has 4 nitrogen and oxygen atoms in total. The van der Waals surface area contributed by atoms with E-state index in [4.69, 9.17) is 11.6 Å². The molecule has 0 radical (unpaired) electrons. The lowest BCUT2D eigenvalue weighted by Crippen LogP contribution is -2.08. The molecule has 0 aliphatic carbocycles. The number of nitrogens with one attached hydrogen (secondary N) is 1. The van der Waals surface area contributed by atoms with Gasteiger partial charge in [-0.25, -0.2) is 4.39 Å². The van der Waals surface area contributed by atoms with Crippen molar-refractivity contribution < 1.29 is 9.31 Å². The number of anilines is 1. The Morgan fingerprint density at radius 2 is 2.10 bits per heavy atom. The van der Waals surface area contributed by atoms with Crippen LogP contribution in [0.5, 0.6) is 0 Å². The summed E-state index contributed by atoms with van der Waals surface area (Å²) in [4.78, 5) is 10.5. The molecule has 2 aromatic rings. The molecule has 0 saturated carbocycles. The zero-order valence-electron chi connectivity index (χ0n) is 11.4. The maximum atomic E-state index is 13.0. The van der Waals surface area contributed by atoms with Crippen molar-refractivity contribution in [3.8, 4) is 0 Å². The number of benzene rings is 2. The third kappa shape index (κ3) is 3.70. The van der Waals surface area contributed by atoms with Gasteiger partial charge in [-0.3, -0.25) is 10.1 Å². The predicted molar refractivity (Wildman–Crippen MR) is 81.4 cm³/mol. The highest BCUT2D eigenvalue weighted by molar-refractivity contribution is 6.33. The van der Waals surface area contributed by atoms with Crippen molar-refractivity contribution in [3.63, 3.8) is 0 Å². The lowest BCUT2D eigenvalue weighted by Gasteiger charge is -2.10. The average Bonchev–Trinajstić information content (AvgIpc) is 2.42. The van der Waals surface area contributed by atoms with Gasteiger partial charge in [-0.1, -0.05) is 23.7 Å². The average molecular weight is 309 g/mol. The van der Waals surface area contributed by atoms with Crippen LogP contribution in [0.2, 0.25) is 5.02 Å². The number of hydrogen-bond donors (Lipinski definition) is 1. The fourth-order valence-electron chi connectivity index (χ4n) is 2.10. The summed E-state index contributed by atoms with van der Waals surface area (Å²) in [5.41, 5.74) is 2.09. The predicted octanol–water partition coefficient (Wildman–Crippen LogP) is 4.35. The Morgan fingerprint density at radius 3 is 2.76 bits per heavy atom. The number of rotatable bonds is 5. The summed E-state index contributed by atoms with van der Waals surface area (Å²) in [6.45, 7) is 2.30. The highest BCUT2D eigenvalue weighted by Crippen LogP contribution is 2.31. The quantitative estimate of drug-likeness (QED) is 0.660. The largest absolute Gasteiger partial charge is 0.378 e. The summed E-state index contributed by atoms with van der Waals surface area (Å²) in [7, 11) is 0. The number of nitro benzene ring substituents is 1. The van der Waals surface area contributed by atoms with Gasteiger partial charge >= 0.3 is 0 Å². The van der Waals surface area contributed by atoms with Crippen LogP contribution in [0.15, 0.2) is 36.4 Å². The zero-order chi connectivity index (χ0) is 15.4. The number of nitrogens with zero attached hydrogens (tertiary/aromatic N) is 1. The third-order valence-electron chi connectivity index (χ3n) is 3.19. The van der Waals surface area contributed by atoms with E-state index in [0.29, 0.717) is 23.7 Å². The Morgan fingerprint density at radius 1 is 1.33 bits per heavy atom. The first-order valence-corrected chi connectivity index (χ1v) is 6.78. The van der Waals surface area contributed by atoms with E-state index in [0.717, 1.165) is 11.1 Å². The second-order valence-corrected chi connectivity index (χ2v) is 5.05. The number of para-hydroxylation sites is 1. The zero-order valence-corrected chi connectivity index (χ0v) is 12.2. The Bertz CT molecular complexity index is 677. The van der Waals surface area contributed by atoms with Gasteiger partial charge in [-0.15, -0.1) is 0 Å². The molecular weight excluding hydrogens is 295 g/mol. The van der Waals surface area contributed by atoms with Gasteiger partial charge < -0.3 is 5.32 Å². The molecule has 0 saturated heterocycles. The molecule has 0 heterocycles. The summed E-state index contributed by atoms with van der Waals surface area (Å²) >= 11 is 5.99. The van der Waals surface area contributed by atoms with Crippen LogP contribution < -0.4 is 5.32 Å². The lowest BCUT2D eigenvalue weighted by molar-refractivity contribution is -0.383. The lowest BCUT2D eigenvalue weighted by atomic mass is 10.1. The van der Waals surface area contributed by atoms with Gasteiger partial charge in [-0.2, -0.15) is 0 Å². The Kier molecular flexibility index (Phi) is 4.75. The highest BCUT2D eigenvalue weighted by Gasteiger charge is 2.15. The van der Waals surface area contributed by atoms with Crippen LogP contribution in [-0.2, 0) is 6.42 Å². The van der Waals surface area contributed by atoms with Crippen molar-refractivity contribution in [1.82, 2.24) is 0 Å². The molecule has 6 heteroatoms. The molecule has 0 aliphatic rings. The van der Waals surface area contributed by atoms with E-state index >= 15 is 0 Å². The molecule has 0 aliphatic heterocycles. The van der Waals surface area contributed by atoms with Crippen LogP contribution in [0.3, 0.4) is 0 Å². The second-order valence-electron chi connectivity index (χ2n) is 4.64. The standard InChI is InChI=1S/C15H14ClFN2O2/c1-10-9-12(17)6-5-11(10)7-8-18-15-13(16)3-2-4-14(15)19(20)21/h2-6,9,18H,7-8H2,1H3. The van der Waals surface area contributed by atoms with Crippen molar-refractivity contribution in [2.45, 2.75) is 13.3 Å². The normalized spacial score (nSPS) is 10.4. The number of nitro groups is 1. The molecule has 110 valence electrons. The molecule has 0 atom stereocenters. The minimum atomic E-state index is -0.475. The van der Waals surface area contributed by atoms with E-state index in [-0.39, 0.29) is 11.5 Å². The minimum Gasteiger partial charge on any atom is -0.378 e. The van der Waals surface area contributed by atoms with Crippen molar-refractivity contribution in [2.75, 3.05) is 11.9 Å². The molecule has 21 heavy (non-hydrogen) atoms. The molecule has 0 unspecified atom stereocenters. The van der Waals surface area contributed by atoms with Gasteiger partial charge in [0.2, 0.25) is 0 Å². The second kappa shape index (κ2) is 6.54. The van der Waals surface area contributed by atoms with Crippen LogP contribution in [0.1, 0.15) is 11.1 Å². The fourth-order valence-corrected chi connectivity index (χ4v) is 2.34. The molecule has 2 rings (SSSR count). The number of halogens is 2. The van der Waals surface area contributed by atoms with E-state index in [9.17, 15) is 14.5 Å². The molecular formula is C15H14ClFN2O2. The molecule has 0 spiro atoms. The highest BCUT2D eigenvalue weighted by atomic mass is 35.5. The van der Waals surface area contributed by atoms with Gasteiger partial charge in [0.15, 0.2) is 0 Å². The Hall–Kier alpha value is -2.14. The molecule has 1 N–H and O–H groups in total. The monoisotopic (exact) mass is 308 g/mol. The van der Waals surface area contributed by atoms with Gasteiger partial charge in [0.25, 0.3) is 5.69 Å². The van der Waals surface area contributed by atoms with Crippen molar-refractivity contribution in [3.05, 3.63) is 68.5 Å². The summed E-state index contributed by atoms with van der Waals surface area (Å²) in [6, 6.07) is 9.12. The third-order valence-corrected chi connectivity index (χ3v) is 3.50. The van der Waals surface area contributed by atoms with E-state index < -0.39 is 4.92 Å². The maximum Gasteiger partial charge on any atom is 0.293 e. The van der Waals surface area contributed by atoms with Crippen molar-refractivity contribution in [1.29, 1.82) is 0 Å². The van der Waals surface area contributed by atoms with E-state index in [1.807, 2.05) is 6.92 Å². The van der Waals surface area contributed by atoms with Crippen LogP contribution in [0.25, 0.3) is 0 Å². The van der Waals surface area contributed by atoms with Crippen molar-refractivity contribution in [2.24, 2.45) is 0 Å². The Labute approximate surface area is 126 Å². The molecule has 0 aromatic heterocycles. The molecule has 0 bridgehead atoms. The molecule has 0 amide bonds. The van der Waals surface area contributed by atoms with Crippen molar-refractivity contribution >= 4 is 23.0 Å². The van der Waals surface area contributed by atoms with Gasteiger partial charge in [-0.05, 0) is 42.7 Å². The fraction of sp³-hybridized carbons (Fsp3) is 0.200. The molecule has 2 aromatic carbocycles. The maximum absolute atomic E-state index is 13.0. The first-order chi connectivity index (χ1) is 9.99. The van der Waals surface area contributed by atoms with E-state index in [1.165, 1.54) is 24.3 Å². The van der Waals surface area contributed by atoms with Crippen LogP contribution in [0, 0.1) is 22.9 Å². The topological polar surface area (TPSA) is 55.2 Å². The van der Waals surface area contributed by atoms with Crippen LogP contribution >= 0.6 is 11.6 Å². The first kappa shape index (κ1) is 15.3. The van der Waals surface area contributed by atoms with Crippen LogP contribution in [-0.4, -0.2) is 11.5 Å². The minimum absolute atomic E-state index is 0.0571.